The number of nitrogens with one attached hydrogen (secondary N) is 1. The lowest BCUT2D eigenvalue weighted by molar-refractivity contribution is -0.138. The fourth-order valence-electron chi connectivity index (χ4n) is 6.49. The molecule has 1 aliphatic heterocycles. The Kier molecular flexibility index (Phi) is 6.74. The number of anilines is 1. The summed E-state index contributed by atoms with van der Waals surface area (Å²) in [5.74, 6) is -0.499. The number of aryl methyl sites for hydroxylation is 1. The predicted octanol–water partition coefficient (Wildman–Crippen LogP) is 4.70. The van der Waals surface area contributed by atoms with Crippen LogP contribution >= 0.6 is 0 Å². The highest BCUT2D eigenvalue weighted by Gasteiger charge is 2.51. The van der Waals surface area contributed by atoms with Gasteiger partial charge in [0, 0.05) is 50.3 Å². The highest BCUT2D eigenvalue weighted by molar-refractivity contribution is 6.10. The van der Waals surface area contributed by atoms with Crippen molar-refractivity contribution in [3.8, 4) is 0 Å². The summed E-state index contributed by atoms with van der Waals surface area (Å²) in [5.41, 5.74) is -0.366. The number of hydrogen-bond donors (Lipinski definition) is 2. The molecule has 2 heterocycles. The molecular weight excluding hydrogens is 535 g/mol. The molecule has 1 atom stereocenters. The van der Waals surface area contributed by atoms with Gasteiger partial charge >= 0.3 is 6.18 Å². The van der Waals surface area contributed by atoms with Crippen LogP contribution in [0.1, 0.15) is 83.4 Å². The molecule has 1 aromatic heterocycles. The number of fused-ring (bicyclic) bond motifs is 1. The fourth-order valence-corrected chi connectivity index (χ4v) is 6.49. The van der Waals surface area contributed by atoms with Crippen molar-refractivity contribution < 1.29 is 27.8 Å². The molecule has 0 spiro atoms. The maximum absolute atomic E-state index is 14.2. The van der Waals surface area contributed by atoms with E-state index in [0.717, 1.165) is 19.3 Å². The lowest BCUT2D eigenvalue weighted by Gasteiger charge is -2.47. The number of alkyl halides is 3. The van der Waals surface area contributed by atoms with E-state index in [4.69, 9.17) is 4.74 Å². The number of ether oxygens (including phenoxy) is 1. The van der Waals surface area contributed by atoms with Gasteiger partial charge in [0.2, 0.25) is 0 Å². The molecule has 2 fully saturated rings. The molecule has 0 saturated heterocycles. The Morgan fingerprint density at radius 3 is 2.59 bits per heavy atom. The Labute approximate surface area is 236 Å². The molecule has 1 amide bonds. The normalized spacial score (nSPS) is 24.1. The van der Waals surface area contributed by atoms with Gasteiger partial charge < -0.3 is 24.6 Å². The molecule has 2 aliphatic carbocycles. The van der Waals surface area contributed by atoms with Gasteiger partial charge in [0.25, 0.3) is 5.91 Å². The van der Waals surface area contributed by atoms with Gasteiger partial charge in [-0.25, -0.2) is 0 Å². The second-order valence-corrected chi connectivity index (χ2v) is 12.0. The highest BCUT2D eigenvalue weighted by atomic mass is 19.4. The number of halogens is 3. The van der Waals surface area contributed by atoms with Gasteiger partial charge in [-0.1, -0.05) is 12.1 Å². The van der Waals surface area contributed by atoms with Crippen molar-refractivity contribution in [3.63, 3.8) is 0 Å². The molecular formula is C30H34F3N5O3. The van der Waals surface area contributed by atoms with Crippen LogP contribution in [0, 0.1) is 0 Å². The molecule has 3 aliphatic rings. The third kappa shape index (κ3) is 4.93. The van der Waals surface area contributed by atoms with Crippen molar-refractivity contribution >= 4 is 11.6 Å². The summed E-state index contributed by atoms with van der Waals surface area (Å²) in [6.07, 6.45) is 0.696. The first kappa shape index (κ1) is 27.9. The molecule has 3 aromatic rings. The molecule has 41 heavy (non-hydrogen) atoms. The number of aliphatic hydroxyl groups is 1. The van der Waals surface area contributed by atoms with Crippen LogP contribution in [0.4, 0.5) is 18.9 Å². The zero-order valence-corrected chi connectivity index (χ0v) is 23.3. The van der Waals surface area contributed by atoms with E-state index in [1.165, 1.54) is 11.0 Å². The molecule has 0 radical (unpaired) electrons. The second-order valence-electron chi connectivity index (χ2n) is 12.0. The van der Waals surface area contributed by atoms with Gasteiger partial charge in [-0.15, -0.1) is 10.2 Å². The van der Waals surface area contributed by atoms with Gasteiger partial charge in [-0.3, -0.25) is 4.79 Å². The van der Waals surface area contributed by atoms with Gasteiger partial charge in [-0.2, -0.15) is 13.2 Å². The lowest BCUT2D eigenvalue weighted by Crippen LogP contribution is -2.53. The number of rotatable bonds is 8. The van der Waals surface area contributed by atoms with E-state index in [1.807, 2.05) is 6.07 Å². The largest absolute Gasteiger partial charge is 0.416 e. The summed E-state index contributed by atoms with van der Waals surface area (Å²) >= 11 is 0. The molecule has 1 unspecified atom stereocenters. The lowest BCUT2D eigenvalue weighted by atomic mass is 9.66. The van der Waals surface area contributed by atoms with Crippen molar-refractivity contribution in [1.29, 1.82) is 0 Å². The van der Waals surface area contributed by atoms with Crippen molar-refractivity contribution in [2.45, 2.75) is 81.5 Å². The number of benzene rings is 2. The van der Waals surface area contributed by atoms with E-state index in [9.17, 15) is 23.1 Å². The highest BCUT2D eigenvalue weighted by Crippen LogP contribution is 2.48. The number of carbonyl (C=O) groups is 1. The van der Waals surface area contributed by atoms with Crippen LogP contribution < -0.4 is 10.2 Å². The van der Waals surface area contributed by atoms with Crippen LogP contribution in [0.3, 0.4) is 0 Å². The summed E-state index contributed by atoms with van der Waals surface area (Å²) in [6.45, 7) is 2.14. The fraction of sp³-hybridized carbons (Fsp3) is 0.500. The average molecular weight is 570 g/mol. The molecule has 8 nitrogen and oxygen atoms in total. The van der Waals surface area contributed by atoms with E-state index in [2.05, 4.69) is 22.4 Å². The van der Waals surface area contributed by atoms with E-state index >= 15 is 0 Å². The third-order valence-electron chi connectivity index (χ3n) is 9.14. The minimum atomic E-state index is -4.60. The summed E-state index contributed by atoms with van der Waals surface area (Å²) in [5, 5.41) is 23.2. The van der Waals surface area contributed by atoms with Gasteiger partial charge in [0.05, 0.1) is 29.7 Å². The number of hydrogen-bond acceptors (Lipinski definition) is 6. The molecule has 0 bridgehead atoms. The van der Waals surface area contributed by atoms with Gasteiger partial charge in [-0.05, 0) is 67.1 Å². The minimum Gasteiger partial charge on any atom is -0.389 e. The second kappa shape index (κ2) is 9.92. The maximum Gasteiger partial charge on any atom is 0.416 e. The molecule has 2 saturated carbocycles. The number of aromatic nitrogens is 3. The molecule has 11 heteroatoms. The molecule has 2 aromatic carbocycles. The SMILES string of the molecule is CO[C@H]1C[C@@](O)(C(c2cccc(N3Cc4c(cc(CNC5(C)CCC5)cc4C(F)(F)F)C3=O)c2)c2nncn2C)C1. The first-order chi connectivity index (χ1) is 19.4. The van der Waals surface area contributed by atoms with E-state index in [1.54, 1.807) is 49.3 Å². The molecule has 6 rings (SSSR count). The monoisotopic (exact) mass is 569 g/mol. The van der Waals surface area contributed by atoms with Crippen molar-refractivity contribution in [1.82, 2.24) is 20.1 Å². The van der Waals surface area contributed by atoms with Crippen LogP contribution in [0.2, 0.25) is 0 Å². The van der Waals surface area contributed by atoms with Gasteiger partial charge in [0.1, 0.15) is 12.2 Å². The van der Waals surface area contributed by atoms with Crippen molar-refractivity contribution in [2.24, 2.45) is 7.05 Å². The van der Waals surface area contributed by atoms with E-state index < -0.39 is 29.2 Å². The number of carbonyl (C=O) groups excluding carboxylic acids is 1. The summed E-state index contributed by atoms with van der Waals surface area (Å²) < 4.78 is 49.8. The van der Waals surface area contributed by atoms with Crippen molar-refractivity contribution in [3.05, 3.63) is 76.4 Å². The Morgan fingerprint density at radius 1 is 1.22 bits per heavy atom. The maximum atomic E-state index is 14.2. The van der Waals surface area contributed by atoms with Crippen LogP contribution in [-0.4, -0.2) is 50.1 Å². The zero-order valence-electron chi connectivity index (χ0n) is 23.3. The summed E-state index contributed by atoms with van der Waals surface area (Å²) in [4.78, 5) is 15.0. The summed E-state index contributed by atoms with van der Waals surface area (Å²) in [6, 6.07) is 9.81. The topological polar surface area (TPSA) is 92.5 Å². The van der Waals surface area contributed by atoms with Crippen LogP contribution in [0.5, 0.6) is 0 Å². The minimum absolute atomic E-state index is 0.0167. The summed E-state index contributed by atoms with van der Waals surface area (Å²) in [7, 11) is 3.39. The predicted molar refractivity (Wildman–Crippen MR) is 145 cm³/mol. The number of methoxy groups -OCH3 is 1. The van der Waals surface area contributed by atoms with Crippen LogP contribution in [0.25, 0.3) is 0 Å². The van der Waals surface area contributed by atoms with E-state index in [0.29, 0.717) is 35.5 Å². The Hall–Kier alpha value is -3.28. The van der Waals surface area contributed by atoms with Crippen LogP contribution in [0.15, 0.2) is 42.7 Å². The Balaban J connectivity index is 1.34. The number of nitrogens with zero attached hydrogens (tertiary/aromatic N) is 4. The zero-order chi connectivity index (χ0) is 29.2. The third-order valence-corrected chi connectivity index (χ3v) is 9.14. The Bertz CT molecular complexity index is 1480. The molecule has 2 N–H and O–H groups in total. The first-order valence-corrected chi connectivity index (χ1v) is 13.9. The standard InChI is InChI=1S/C30H34F3N5O3/c1-28(8-5-9-28)34-15-18-10-22-23(24(11-18)30(31,32)33)16-38(27(22)39)20-7-4-6-19(12-20)25(26-36-35-17-37(26)2)29(40)13-21(14-29)41-3/h4,6-7,10-12,17,21,25,34,40H,5,8-9,13-16H2,1-3H3/t21-,25?,29-. The van der Waals surface area contributed by atoms with Crippen LogP contribution in [-0.2, 0) is 31.1 Å². The number of amides is 1. The average Bonchev–Trinajstić information content (AvgIpc) is 3.46. The molecule has 218 valence electrons. The van der Waals surface area contributed by atoms with Gasteiger partial charge in [0.15, 0.2) is 0 Å². The smallest absolute Gasteiger partial charge is 0.389 e. The first-order valence-electron chi connectivity index (χ1n) is 13.9. The Morgan fingerprint density at radius 2 is 1.98 bits per heavy atom. The van der Waals surface area contributed by atoms with E-state index in [-0.39, 0.29) is 35.9 Å². The quantitative estimate of drug-likeness (QED) is 0.409. The van der Waals surface area contributed by atoms with Crippen molar-refractivity contribution in [2.75, 3.05) is 12.0 Å².